The third-order valence-corrected chi connectivity index (χ3v) is 4.27. The Morgan fingerprint density at radius 2 is 1.77 bits per heavy atom. The molecule has 6 nitrogen and oxygen atoms in total. The lowest BCUT2D eigenvalue weighted by atomic mass is 10.2. The number of hydrogen-bond acceptors (Lipinski definition) is 4. The number of hydrazone groups is 1. The molecule has 0 unspecified atom stereocenters. The molecule has 30 heavy (non-hydrogen) atoms. The van der Waals surface area contributed by atoms with Gasteiger partial charge in [0.1, 0.15) is 18.2 Å². The van der Waals surface area contributed by atoms with Crippen molar-refractivity contribution in [1.29, 1.82) is 0 Å². The van der Waals surface area contributed by atoms with Crippen LogP contribution in [-0.2, 0) is 16.2 Å². The summed E-state index contributed by atoms with van der Waals surface area (Å²) in [5, 5.41) is 6.73. The maximum absolute atomic E-state index is 12.9. The number of halogens is 2. The second-order valence-corrected chi connectivity index (χ2v) is 6.52. The molecule has 0 atom stereocenters. The van der Waals surface area contributed by atoms with Crippen molar-refractivity contribution in [1.82, 2.24) is 5.43 Å². The molecule has 2 amide bonds. The van der Waals surface area contributed by atoms with Crippen molar-refractivity contribution < 1.29 is 18.7 Å². The number of nitrogens with one attached hydrogen (secondary N) is 2. The quantitative estimate of drug-likeness (QED) is 0.354. The number of amides is 2. The predicted molar refractivity (Wildman–Crippen MR) is 113 cm³/mol. The Morgan fingerprint density at radius 3 is 2.53 bits per heavy atom. The van der Waals surface area contributed by atoms with Gasteiger partial charge in [0.2, 0.25) is 0 Å². The lowest BCUT2D eigenvalue weighted by Crippen LogP contribution is -2.32. The first-order valence-electron chi connectivity index (χ1n) is 8.87. The average Bonchev–Trinajstić information content (AvgIpc) is 2.75. The van der Waals surface area contributed by atoms with Crippen LogP contribution in [0.2, 0.25) is 5.02 Å². The standard InChI is InChI=1S/C22H17ClFN3O3/c23-20-7-2-1-5-16(20)14-30-19-6-3-4-15(12-19)13-25-27-22(29)21(28)26-18-10-8-17(24)9-11-18/h1-13H,14H2,(H,26,28)(H,27,29). The average molecular weight is 426 g/mol. The van der Waals surface area contributed by atoms with Crippen LogP contribution in [0.25, 0.3) is 0 Å². The molecule has 3 rings (SSSR count). The number of anilines is 1. The van der Waals surface area contributed by atoms with E-state index in [0.29, 0.717) is 28.6 Å². The van der Waals surface area contributed by atoms with Crippen LogP contribution in [-0.4, -0.2) is 18.0 Å². The minimum Gasteiger partial charge on any atom is -0.489 e. The Bertz CT molecular complexity index is 1070. The maximum atomic E-state index is 12.9. The van der Waals surface area contributed by atoms with Crippen LogP contribution in [0.4, 0.5) is 10.1 Å². The highest BCUT2D eigenvalue weighted by atomic mass is 35.5. The van der Waals surface area contributed by atoms with Crippen molar-refractivity contribution in [2.24, 2.45) is 5.10 Å². The van der Waals surface area contributed by atoms with Crippen LogP contribution < -0.4 is 15.5 Å². The lowest BCUT2D eigenvalue weighted by Gasteiger charge is -2.08. The van der Waals surface area contributed by atoms with Gasteiger partial charge in [0.15, 0.2) is 0 Å². The predicted octanol–water partition coefficient (Wildman–Crippen LogP) is 4.15. The Kier molecular flexibility index (Phi) is 7.13. The molecule has 8 heteroatoms. The van der Waals surface area contributed by atoms with E-state index in [1.54, 1.807) is 30.3 Å². The molecular formula is C22H17ClFN3O3. The van der Waals surface area contributed by atoms with Crippen molar-refractivity contribution in [2.75, 3.05) is 5.32 Å². The summed E-state index contributed by atoms with van der Waals surface area (Å²) in [6.07, 6.45) is 1.38. The van der Waals surface area contributed by atoms with Crippen LogP contribution >= 0.6 is 11.6 Å². The van der Waals surface area contributed by atoms with Gasteiger partial charge in [-0.2, -0.15) is 5.10 Å². The highest BCUT2D eigenvalue weighted by Crippen LogP contribution is 2.19. The maximum Gasteiger partial charge on any atom is 0.329 e. The zero-order valence-electron chi connectivity index (χ0n) is 15.6. The Labute approximate surface area is 177 Å². The topological polar surface area (TPSA) is 79.8 Å². The van der Waals surface area contributed by atoms with Gasteiger partial charge in [0, 0.05) is 16.3 Å². The summed E-state index contributed by atoms with van der Waals surface area (Å²) in [6, 6.07) is 19.5. The number of nitrogens with zero attached hydrogens (tertiary/aromatic N) is 1. The van der Waals surface area contributed by atoms with E-state index in [9.17, 15) is 14.0 Å². The normalized spacial score (nSPS) is 10.6. The van der Waals surface area contributed by atoms with E-state index in [1.807, 2.05) is 18.2 Å². The van der Waals surface area contributed by atoms with E-state index >= 15 is 0 Å². The van der Waals surface area contributed by atoms with Crippen LogP contribution in [0, 0.1) is 5.82 Å². The smallest absolute Gasteiger partial charge is 0.329 e. The second-order valence-electron chi connectivity index (χ2n) is 6.11. The molecule has 0 radical (unpaired) electrons. The number of carbonyl (C=O) groups is 2. The van der Waals surface area contributed by atoms with E-state index in [0.717, 1.165) is 5.56 Å². The van der Waals surface area contributed by atoms with Gasteiger partial charge in [0.05, 0.1) is 6.21 Å². The third kappa shape index (κ3) is 6.15. The minimum atomic E-state index is -0.957. The Hall–Kier alpha value is -3.71. The van der Waals surface area contributed by atoms with Gasteiger partial charge < -0.3 is 10.1 Å². The van der Waals surface area contributed by atoms with Gasteiger partial charge in [-0.15, -0.1) is 0 Å². The van der Waals surface area contributed by atoms with Crippen molar-refractivity contribution in [3.8, 4) is 5.75 Å². The summed E-state index contributed by atoms with van der Waals surface area (Å²) < 4.78 is 18.6. The molecule has 3 aromatic rings. The van der Waals surface area contributed by atoms with Gasteiger partial charge in [-0.25, -0.2) is 9.82 Å². The summed E-state index contributed by atoms with van der Waals surface area (Å²) in [6.45, 7) is 0.306. The van der Waals surface area contributed by atoms with E-state index in [2.05, 4.69) is 15.8 Å². The summed E-state index contributed by atoms with van der Waals surface area (Å²) in [5.41, 5.74) is 3.95. The molecule has 0 aliphatic carbocycles. The summed E-state index contributed by atoms with van der Waals surface area (Å²) in [4.78, 5) is 23.6. The molecule has 152 valence electrons. The number of benzene rings is 3. The first kappa shape index (κ1) is 21.0. The van der Waals surface area contributed by atoms with Crippen LogP contribution in [0.1, 0.15) is 11.1 Å². The van der Waals surface area contributed by atoms with E-state index in [-0.39, 0.29) is 0 Å². The van der Waals surface area contributed by atoms with E-state index in [4.69, 9.17) is 16.3 Å². The SMILES string of the molecule is O=C(NN=Cc1cccc(OCc2ccccc2Cl)c1)C(=O)Nc1ccc(F)cc1. The molecule has 0 aromatic heterocycles. The van der Waals surface area contributed by atoms with E-state index < -0.39 is 17.6 Å². The molecule has 0 aliphatic rings. The highest BCUT2D eigenvalue weighted by Gasteiger charge is 2.12. The fourth-order valence-electron chi connectivity index (χ4n) is 2.40. The summed E-state index contributed by atoms with van der Waals surface area (Å²) in [5.74, 6) is -1.73. The number of ether oxygens (including phenoxy) is 1. The fraction of sp³-hybridized carbons (Fsp3) is 0.0455. The number of hydrogen-bond donors (Lipinski definition) is 2. The monoisotopic (exact) mass is 425 g/mol. The van der Waals surface area contributed by atoms with Gasteiger partial charge in [-0.05, 0) is 48.0 Å². The minimum absolute atomic E-state index is 0.295. The molecular weight excluding hydrogens is 409 g/mol. The van der Waals surface area contributed by atoms with Crippen molar-refractivity contribution in [3.63, 3.8) is 0 Å². The second kappa shape index (κ2) is 10.2. The Balaban J connectivity index is 1.52. The van der Waals surface area contributed by atoms with Crippen LogP contribution in [0.15, 0.2) is 77.9 Å². The first-order valence-corrected chi connectivity index (χ1v) is 9.25. The highest BCUT2D eigenvalue weighted by molar-refractivity contribution is 6.39. The van der Waals surface area contributed by atoms with Crippen molar-refractivity contribution in [2.45, 2.75) is 6.61 Å². The fourth-order valence-corrected chi connectivity index (χ4v) is 2.59. The van der Waals surface area contributed by atoms with Crippen molar-refractivity contribution in [3.05, 3.63) is 94.8 Å². The number of carbonyl (C=O) groups excluding carboxylic acids is 2. The molecule has 0 aliphatic heterocycles. The van der Waals surface area contributed by atoms with Gasteiger partial charge in [0.25, 0.3) is 0 Å². The molecule has 0 spiro atoms. The first-order chi connectivity index (χ1) is 14.5. The molecule has 0 fully saturated rings. The van der Waals surface area contributed by atoms with E-state index in [1.165, 1.54) is 30.5 Å². The zero-order valence-corrected chi connectivity index (χ0v) is 16.4. The third-order valence-electron chi connectivity index (χ3n) is 3.90. The zero-order chi connectivity index (χ0) is 21.3. The van der Waals surface area contributed by atoms with Crippen LogP contribution in [0.5, 0.6) is 5.75 Å². The van der Waals surface area contributed by atoms with Gasteiger partial charge in [-0.3, -0.25) is 9.59 Å². The largest absolute Gasteiger partial charge is 0.489 e. The Morgan fingerprint density at radius 1 is 1.00 bits per heavy atom. The molecule has 2 N–H and O–H groups in total. The van der Waals surface area contributed by atoms with Gasteiger partial charge >= 0.3 is 11.8 Å². The summed E-state index contributed by atoms with van der Waals surface area (Å²) in [7, 11) is 0. The molecule has 0 saturated heterocycles. The lowest BCUT2D eigenvalue weighted by molar-refractivity contribution is -0.136. The van der Waals surface area contributed by atoms with Crippen LogP contribution in [0.3, 0.4) is 0 Å². The molecule has 0 heterocycles. The van der Waals surface area contributed by atoms with Crippen molar-refractivity contribution >= 4 is 35.3 Å². The summed E-state index contributed by atoms with van der Waals surface area (Å²) >= 11 is 6.11. The molecule has 0 bridgehead atoms. The van der Waals surface area contributed by atoms with Gasteiger partial charge in [-0.1, -0.05) is 41.9 Å². The number of rotatable bonds is 6. The molecule has 3 aromatic carbocycles. The molecule has 0 saturated carbocycles.